The molecule has 0 saturated heterocycles. The lowest BCUT2D eigenvalue weighted by Gasteiger charge is -2.03. The molecule has 1 aliphatic rings. The number of amides is 1. The summed E-state index contributed by atoms with van der Waals surface area (Å²) in [6.45, 7) is 0. The standard InChI is InChI=1S/C16H15ClN2O/c1-19-8-2-3-12(19)10-14-13-9-11(6-7-17)4-5-15(13)18-16(14)20/h2-5,8-10H,6-7H2,1H3,(H,18,20). The maximum Gasteiger partial charge on any atom is 0.256 e. The Morgan fingerprint density at radius 2 is 2.20 bits per heavy atom. The molecular formula is C16H15ClN2O. The van der Waals surface area contributed by atoms with Gasteiger partial charge in [-0.25, -0.2) is 0 Å². The first-order valence-electron chi connectivity index (χ1n) is 6.52. The topological polar surface area (TPSA) is 34.0 Å². The number of hydrogen-bond acceptors (Lipinski definition) is 1. The summed E-state index contributed by atoms with van der Waals surface area (Å²) in [4.78, 5) is 12.1. The van der Waals surface area contributed by atoms with Crippen LogP contribution >= 0.6 is 11.6 Å². The van der Waals surface area contributed by atoms with Crippen LogP contribution in [0.2, 0.25) is 0 Å². The van der Waals surface area contributed by atoms with Gasteiger partial charge in [0.25, 0.3) is 5.91 Å². The molecule has 3 rings (SSSR count). The summed E-state index contributed by atoms with van der Waals surface area (Å²) >= 11 is 5.79. The van der Waals surface area contributed by atoms with Crippen molar-refractivity contribution < 1.29 is 4.79 Å². The van der Waals surface area contributed by atoms with Crippen molar-refractivity contribution in [2.24, 2.45) is 7.05 Å². The fraction of sp³-hybridized carbons (Fsp3) is 0.188. The molecule has 1 amide bonds. The molecule has 1 aliphatic heterocycles. The van der Waals surface area contributed by atoms with Gasteiger partial charge in [-0.1, -0.05) is 6.07 Å². The molecule has 20 heavy (non-hydrogen) atoms. The van der Waals surface area contributed by atoms with Crippen LogP contribution in [0, 0.1) is 0 Å². The highest BCUT2D eigenvalue weighted by atomic mass is 35.5. The molecular weight excluding hydrogens is 272 g/mol. The van der Waals surface area contributed by atoms with Crippen LogP contribution in [0.25, 0.3) is 11.6 Å². The predicted octanol–water partition coefficient (Wildman–Crippen LogP) is 3.30. The molecule has 1 aromatic carbocycles. The van der Waals surface area contributed by atoms with E-state index in [1.54, 1.807) is 0 Å². The predicted molar refractivity (Wildman–Crippen MR) is 82.8 cm³/mol. The third kappa shape index (κ3) is 2.25. The van der Waals surface area contributed by atoms with Crippen LogP contribution in [0.15, 0.2) is 36.5 Å². The molecule has 0 saturated carbocycles. The summed E-state index contributed by atoms with van der Waals surface area (Å²) in [7, 11) is 1.96. The average molecular weight is 287 g/mol. The summed E-state index contributed by atoms with van der Waals surface area (Å²) in [6, 6.07) is 9.95. The van der Waals surface area contributed by atoms with Crippen LogP contribution in [-0.4, -0.2) is 16.4 Å². The number of rotatable bonds is 3. The second-order valence-electron chi connectivity index (χ2n) is 4.88. The quantitative estimate of drug-likeness (QED) is 0.682. The Morgan fingerprint density at radius 3 is 2.90 bits per heavy atom. The summed E-state index contributed by atoms with van der Waals surface area (Å²) in [5.74, 6) is 0.529. The molecule has 102 valence electrons. The molecule has 4 heteroatoms. The van der Waals surface area contributed by atoms with E-state index in [0.29, 0.717) is 11.5 Å². The van der Waals surface area contributed by atoms with Crippen LogP contribution in [0.3, 0.4) is 0 Å². The fourth-order valence-corrected chi connectivity index (χ4v) is 2.63. The van der Waals surface area contributed by atoms with Crippen molar-refractivity contribution in [1.29, 1.82) is 0 Å². The molecule has 1 aromatic heterocycles. The Morgan fingerprint density at radius 1 is 1.35 bits per heavy atom. The van der Waals surface area contributed by atoms with Crippen molar-refractivity contribution in [3.63, 3.8) is 0 Å². The van der Waals surface area contributed by atoms with Gasteiger partial charge in [0.05, 0.1) is 5.57 Å². The number of nitrogens with one attached hydrogen (secondary N) is 1. The number of aromatic nitrogens is 1. The van der Waals surface area contributed by atoms with E-state index in [1.165, 1.54) is 0 Å². The highest BCUT2D eigenvalue weighted by Crippen LogP contribution is 2.33. The van der Waals surface area contributed by atoms with Gasteiger partial charge in [0.1, 0.15) is 0 Å². The minimum atomic E-state index is -0.0516. The van der Waals surface area contributed by atoms with E-state index in [0.717, 1.165) is 28.9 Å². The molecule has 1 N–H and O–H groups in total. The van der Waals surface area contributed by atoms with Crippen molar-refractivity contribution >= 4 is 34.8 Å². The van der Waals surface area contributed by atoms with Gasteiger partial charge in [0, 0.05) is 36.1 Å². The van der Waals surface area contributed by atoms with Gasteiger partial charge in [-0.05, 0) is 42.3 Å². The first-order chi connectivity index (χ1) is 9.69. The van der Waals surface area contributed by atoms with Crippen LogP contribution in [0.4, 0.5) is 5.69 Å². The Hall–Kier alpha value is -2.00. The monoisotopic (exact) mass is 286 g/mol. The molecule has 0 bridgehead atoms. The number of aryl methyl sites for hydroxylation is 2. The summed E-state index contributed by atoms with van der Waals surface area (Å²) in [5.41, 5.74) is 4.68. The Kier molecular flexibility index (Phi) is 3.36. The van der Waals surface area contributed by atoms with Crippen molar-refractivity contribution in [2.45, 2.75) is 6.42 Å². The van der Waals surface area contributed by atoms with E-state index < -0.39 is 0 Å². The van der Waals surface area contributed by atoms with Crippen molar-refractivity contribution in [1.82, 2.24) is 4.57 Å². The number of nitrogens with zero attached hydrogens (tertiary/aromatic N) is 1. The highest BCUT2D eigenvalue weighted by molar-refractivity contribution is 6.34. The number of anilines is 1. The van der Waals surface area contributed by atoms with Gasteiger partial charge in [-0.3, -0.25) is 4.79 Å². The summed E-state index contributed by atoms with van der Waals surface area (Å²) < 4.78 is 1.99. The molecule has 0 radical (unpaired) electrons. The number of fused-ring (bicyclic) bond motifs is 1. The fourth-order valence-electron chi connectivity index (χ4n) is 2.42. The zero-order valence-electron chi connectivity index (χ0n) is 11.2. The molecule has 2 heterocycles. The largest absolute Gasteiger partial charge is 0.351 e. The number of halogens is 1. The maximum absolute atomic E-state index is 12.1. The first kappa shape index (κ1) is 13.0. The molecule has 0 spiro atoms. The highest BCUT2D eigenvalue weighted by Gasteiger charge is 2.24. The van der Waals surface area contributed by atoms with E-state index in [2.05, 4.69) is 5.32 Å². The number of alkyl halides is 1. The third-order valence-electron chi connectivity index (χ3n) is 3.53. The van der Waals surface area contributed by atoms with Crippen molar-refractivity contribution in [3.8, 4) is 0 Å². The average Bonchev–Trinajstić information content (AvgIpc) is 2.96. The smallest absolute Gasteiger partial charge is 0.256 e. The Bertz CT molecular complexity index is 700. The number of carbonyl (C=O) groups excluding carboxylic acids is 1. The Balaban J connectivity index is 2.06. The second kappa shape index (κ2) is 5.17. The lowest BCUT2D eigenvalue weighted by Crippen LogP contribution is -2.03. The minimum Gasteiger partial charge on any atom is -0.351 e. The van der Waals surface area contributed by atoms with Gasteiger partial charge in [-0.15, -0.1) is 11.6 Å². The lowest BCUT2D eigenvalue weighted by molar-refractivity contribution is -0.110. The van der Waals surface area contributed by atoms with Gasteiger partial charge in [0.2, 0.25) is 0 Å². The summed E-state index contributed by atoms with van der Waals surface area (Å²) in [6.07, 6.45) is 4.69. The van der Waals surface area contributed by atoms with Crippen molar-refractivity contribution in [3.05, 3.63) is 53.3 Å². The number of benzene rings is 1. The molecule has 0 atom stereocenters. The molecule has 0 fully saturated rings. The zero-order chi connectivity index (χ0) is 14.1. The van der Waals surface area contributed by atoms with Crippen molar-refractivity contribution in [2.75, 3.05) is 11.2 Å². The first-order valence-corrected chi connectivity index (χ1v) is 7.06. The van der Waals surface area contributed by atoms with Crippen LogP contribution in [0.1, 0.15) is 16.8 Å². The molecule has 3 nitrogen and oxygen atoms in total. The molecule has 0 unspecified atom stereocenters. The third-order valence-corrected chi connectivity index (χ3v) is 3.72. The Labute approximate surface area is 122 Å². The minimum absolute atomic E-state index is 0.0516. The zero-order valence-corrected chi connectivity index (χ0v) is 11.9. The lowest BCUT2D eigenvalue weighted by atomic mass is 10.0. The van der Waals surface area contributed by atoms with Gasteiger partial charge in [0.15, 0.2) is 0 Å². The number of hydrogen-bond donors (Lipinski definition) is 1. The maximum atomic E-state index is 12.1. The number of carbonyl (C=O) groups is 1. The van der Waals surface area contributed by atoms with E-state index in [-0.39, 0.29) is 5.91 Å². The van der Waals surface area contributed by atoms with E-state index in [9.17, 15) is 4.79 Å². The summed E-state index contributed by atoms with van der Waals surface area (Å²) in [5, 5.41) is 2.90. The van der Waals surface area contributed by atoms with Gasteiger partial charge in [-0.2, -0.15) is 0 Å². The van der Waals surface area contributed by atoms with Crippen LogP contribution in [-0.2, 0) is 18.3 Å². The van der Waals surface area contributed by atoms with E-state index in [1.807, 2.05) is 54.2 Å². The van der Waals surface area contributed by atoms with Gasteiger partial charge < -0.3 is 9.88 Å². The van der Waals surface area contributed by atoms with E-state index >= 15 is 0 Å². The van der Waals surface area contributed by atoms with Crippen LogP contribution < -0.4 is 5.32 Å². The van der Waals surface area contributed by atoms with Crippen LogP contribution in [0.5, 0.6) is 0 Å². The normalized spacial score (nSPS) is 15.5. The van der Waals surface area contributed by atoms with E-state index in [4.69, 9.17) is 11.6 Å². The van der Waals surface area contributed by atoms with Gasteiger partial charge >= 0.3 is 0 Å². The SMILES string of the molecule is Cn1cccc1C=C1C(=O)Nc2ccc(CCCl)cc21. The molecule has 0 aliphatic carbocycles. The molecule has 2 aromatic rings. The second-order valence-corrected chi connectivity index (χ2v) is 5.25.